The number of carbonyl (C=O) groups excluding carboxylic acids is 1. The van der Waals surface area contributed by atoms with Gasteiger partial charge in [0.1, 0.15) is 0 Å². The molecule has 6 heteroatoms. The van der Waals surface area contributed by atoms with Gasteiger partial charge in [0.25, 0.3) is 0 Å². The van der Waals surface area contributed by atoms with Crippen molar-refractivity contribution in [2.24, 2.45) is 5.73 Å². The molecule has 1 amide bonds. The minimum Gasteiger partial charge on any atom is -0.394 e. The van der Waals surface area contributed by atoms with Crippen molar-refractivity contribution in [3.05, 3.63) is 0 Å². The fourth-order valence-corrected chi connectivity index (χ4v) is 2.04. The maximum Gasteiger partial charge on any atom is 0.231 e. The molecule has 0 aromatic heterocycles. The molecule has 1 saturated heterocycles. The molecule has 1 unspecified atom stereocenters. The molecule has 1 heterocycles. The van der Waals surface area contributed by atoms with Crippen molar-refractivity contribution in [2.75, 3.05) is 32.8 Å². The minimum atomic E-state index is -0.811. The van der Waals surface area contributed by atoms with Crippen LogP contribution in [0, 0.1) is 0 Å². The van der Waals surface area contributed by atoms with Gasteiger partial charge in [0.2, 0.25) is 5.91 Å². The topological polar surface area (TPSA) is 98.8 Å². The number of primary amides is 1. The van der Waals surface area contributed by atoms with Crippen LogP contribution in [0.4, 0.5) is 0 Å². The molecule has 1 aliphatic rings. The molecule has 5 N–H and O–H groups in total. The summed E-state index contributed by atoms with van der Waals surface area (Å²) in [6.07, 6.45) is 1.06. The summed E-state index contributed by atoms with van der Waals surface area (Å²) in [4.78, 5) is 12.8. The zero-order valence-corrected chi connectivity index (χ0v) is 9.43. The van der Waals surface area contributed by atoms with E-state index in [4.69, 9.17) is 10.8 Å². The van der Waals surface area contributed by atoms with Crippen molar-refractivity contribution in [3.8, 4) is 0 Å². The number of nitrogens with two attached hydrogens (primary N) is 1. The Morgan fingerprint density at radius 1 is 1.50 bits per heavy atom. The smallest absolute Gasteiger partial charge is 0.231 e. The van der Waals surface area contributed by atoms with Gasteiger partial charge in [0.15, 0.2) is 0 Å². The third kappa shape index (κ3) is 4.44. The van der Waals surface area contributed by atoms with Crippen molar-refractivity contribution >= 4 is 5.91 Å². The molecule has 0 aliphatic carbocycles. The highest BCUT2D eigenvalue weighted by atomic mass is 16.3. The number of nitrogens with zero attached hydrogens (tertiary/aromatic N) is 1. The number of rotatable bonds is 6. The molecule has 1 rings (SSSR count). The van der Waals surface area contributed by atoms with E-state index in [1.165, 1.54) is 0 Å². The molecule has 0 spiro atoms. The van der Waals surface area contributed by atoms with E-state index in [0.717, 1.165) is 25.9 Å². The Balaban J connectivity index is 2.50. The van der Waals surface area contributed by atoms with E-state index in [0.29, 0.717) is 6.54 Å². The van der Waals surface area contributed by atoms with Crippen LogP contribution in [0.3, 0.4) is 0 Å². The summed E-state index contributed by atoms with van der Waals surface area (Å²) in [5.74, 6) is -0.399. The molecule has 0 radical (unpaired) electrons. The van der Waals surface area contributed by atoms with E-state index in [-0.39, 0.29) is 19.2 Å². The van der Waals surface area contributed by atoms with E-state index in [9.17, 15) is 9.90 Å². The number of amides is 1. The molecule has 0 bridgehead atoms. The lowest BCUT2D eigenvalue weighted by Crippen LogP contribution is -2.49. The molecular weight excluding hydrogens is 210 g/mol. The largest absolute Gasteiger partial charge is 0.394 e. The van der Waals surface area contributed by atoms with Gasteiger partial charge in [-0.3, -0.25) is 9.69 Å². The zero-order chi connectivity index (χ0) is 12.0. The van der Waals surface area contributed by atoms with Gasteiger partial charge in [-0.15, -0.1) is 0 Å². The number of aliphatic hydroxyl groups excluding tert-OH is 2. The highest BCUT2D eigenvalue weighted by Gasteiger charge is 2.23. The molecule has 1 fully saturated rings. The lowest BCUT2D eigenvalue weighted by atomic mass is 10.0. The minimum absolute atomic E-state index is 0.141. The summed E-state index contributed by atoms with van der Waals surface area (Å²) < 4.78 is 0. The van der Waals surface area contributed by atoms with Gasteiger partial charge in [-0.2, -0.15) is 0 Å². The first kappa shape index (κ1) is 13.4. The summed E-state index contributed by atoms with van der Waals surface area (Å²) in [7, 11) is 0. The van der Waals surface area contributed by atoms with E-state index in [2.05, 4.69) is 5.32 Å². The second-order valence-corrected chi connectivity index (χ2v) is 4.21. The number of aliphatic hydroxyl groups is 2. The Kier molecular flexibility index (Phi) is 5.68. The van der Waals surface area contributed by atoms with Gasteiger partial charge < -0.3 is 21.3 Å². The Morgan fingerprint density at radius 3 is 2.62 bits per heavy atom. The van der Waals surface area contributed by atoms with E-state index < -0.39 is 12.0 Å². The van der Waals surface area contributed by atoms with Crippen LogP contribution in [0.1, 0.15) is 12.8 Å². The van der Waals surface area contributed by atoms with Crippen LogP contribution in [-0.2, 0) is 4.79 Å². The van der Waals surface area contributed by atoms with Gasteiger partial charge in [-0.25, -0.2) is 0 Å². The van der Waals surface area contributed by atoms with Crippen molar-refractivity contribution in [1.29, 1.82) is 0 Å². The lowest BCUT2D eigenvalue weighted by molar-refractivity contribution is -0.120. The molecule has 16 heavy (non-hydrogen) atoms. The van der Waals surface area contributed by atoms with Crippen molar-refractivity contribution in [2.45, 2.75) is 25.0 Å². The third-order valence-electron chi connectivity index (χ3n) is 2.84. The maximum atomic E-state index is 10.9. The standard InChI is InChI=1S/C10H21N3O3/c11-10(16)6-13(5-9(15)7-14)8-1-3-12-4-2-8/h8-9,12,14-15H,1-7H2,(H2,11,16). The SMILES string of the molecule is NC(=O)CN(CC(O)CO)C1CCNCC1. The van der Waals surface area contributed by atoms with Gasteiger partial charge >= 0.3 is 0 Å². The second kappa shape index (κ2) is 6.80. The predicted molar refractivity (Wildman–Crippen MR) is 59.8 cm³/mol. The molecule has 1 aliphatic heterocycles. The number of piperidine rings is 1. The highest BCUT2D eigenvalue weighted by Crippen LogP contribution is 2.11. The average molecular weight is 231 g/mol. The Labute approximate surface area is 95.4 Å². The maximum absolute atomic E-state index is 10.9. The number of hydrogen-bond acceptors (Lipinski definition) is 5. The number of nitrogens with one attached hydrogen (secondary N) is 1. The zero-order valence-electron chi connectivity index (χ0n) is 9.43. The Morgan fingerprint density at radius 2 is 2.12 bits per heavy atom. The molecular formula is C10H21N3O3. The average Bonchev–Trinajstić information content (AvgIpc) is 2.28. The first-order valence-corrected chi connectivity index (χ1v) is 5.65. The van der Waals surface area contributed by atoms with Crippen LogP contribution in [0.15, 0.2) is 0 Å². The van der Waals surface area contributed by atoms with Crippen LogP contribution < -0.4 is 11.1 Å². The van der Waals surface area contributed by atoms with Gasteiger partial charge in [0.05, 0.1) is 19.3 Å². The van der Waals surface area contributed by atoms with Crippen LogP contribution in [0.2, 0.25) is 0 Å². The lowest BCUT2D eigenvalue weighted by Gasteiger charge is -2.34. The molecule has 0 aromatic rings. The van der Waals surface area contributed by atoms with Crippen LogP contribution in [0.5, 0.6) is 0 Å². The number of hydrogen-bond donors (Lipinski definition) is 4. The quantitative estimate of drug-likeness (QED) is 0.419. The number of carbonyl (C=O) groups is 1. The monoisotopic (exact) mass is 231 g/mol. The fraction of sp³-hybridized carbons (Fsp3) is 0.900. The highest BCUT2D eigenvalue weighted by molar-refractivity contribution is 5.75. The summed E-state index contributed by atoms with van der Waals surface area (Å²) in [6, 6.07) is 0.259. The van der Waals surface area contributed by atoms with Crippen LogP contribution >= 0.6 is 0 Å². The fourth-order valence-electron chi connectivity index (χ4n) is 2.04. The van der Waals surface area contributed by atoms with Crippen molar-refractivity contribution in [3.63, 3.8) is 0 Å². The Bertz CT molecular complexity index is 219. The van der Waals surface area contributed by atoms with Gasteiger partial charge in [-0.1, -0.05) is 0 Å². The second-order valence-electron chi connectivity index (χ2n) is 4.21. The molecule has 6 nitrogen and oxygen atoms in total. The van der Waals surface area contributed by atoms with Gasteiger partial charge in [0, 0.05) is 12.6 Å². The van der Waals surface area contributed by atoms with Crippen LogP contribution in [0.25, 0.3) is 0 Å². The summed E-state index contributed by atoms with van der Waals surface area (Å²) in [5, 5.41) is 21.5. The van der Waals surface area contributed by atoms with Crippen molar-refractivity contribution in [1.82, 2.24) is 10.2 Å². The van der Waals surface area contributed by atoms with Crippen LogP contribution in [-0.4, -0.2) is 66.0 Å². The summed E-state index contributed by atoms with van der Waals surface area (Å²) in [5.41, 5.74) is 5.18. The van der Waals surface area contributed by atoms with E-state index in [1.807, 2.05) is 4.90 Å². The summed E-state index contributed by atoms with van der Waals surface area (Å²) in [6.45, 7) is 1.97. The van der Waals surface area contributed by atoms with E-state index in [1.54, 1.807) is 0 Å². The first-order valence-electron chi connectivity index (χ1n) is 5.65. The molecule has 1 atom stereocenters. The molecule has 0 aromatic carbocycles. The van der Waals surface area contributed by atoms with E-state index >= 15 is 0 Å². The summed E-state index contributed by atoms with van der Waals surface area (Å²) >= 11 is 0. The van der Waals surface area contributed by atoms with Gasteiger partial charge in [-0.05, 0) is 25.9 Å². The Hall–Kier alpha value is -0.690. The normalized spacial score (nSPS) is 19.9. The molecule has 0 saturated carbocycles. The first-order chi connectivity index (χ1) is 7.63. The third-order valence-corrected chi connectivity index (χ3v) is 2.84. The van der Waals surface area contributed by atoms with Crippen molar-refractivity contribution < 1.29 is 15.0 Å². The molecule has 94 valence electrons. The predicted octanol–water partition coefficient (Wildman–Crippen LogP) is -2.12.